The summed E-state index contributed by atoms with van der Waals surface area (Å²) in [5.74, 6) is -0.303. The molecule has 0 bridgehead atoms. The van der Waals surface area contributed by atoms with E-state index in [1.807, 2.05) is 13.0 Å². The number of unbranched alkanes of at least 4 members (excludes halogenated alkanes) is 1. The number of hydrogen-bond acceptors (Lipinski definition) is 4. The summed E-state index contributed by atoms with van der Waals surface area (Å²) in [6, 6.07) is 4.08. The SMILES string of the molecule is CCCCNC(=O)COC(=O)Cc1coc2cc(C)c(C(C)C)cc12. The molecule has 1 N–H and O–H groups in total. The number of aryl methyl sites for hydroxylation is 1. The second-order valence-corrected chi connectivity index (χ2v) is 6.66. The van der Waals surface area contributed by atoms with Crippen LogP contribution in [0.25, 0.3) is 11.0 Å². The Morgan fingerprint density at radius 2 is 2.04 bits per heavy atom. The lowest BCUT2D eigenvalue weighted by molar-refractivity contribution is -0.147. The van der Waals surface area contributed by atoms with Gasteiger partial charge in [-0.15, -0.1) is 0 Å². The standard InChI is InChI=1S/C20H27NO4/c1-5-6-7-21-19(22)12-25-20(23)9-15-11-24-18-8-14(4)16(13(2)3)10-17(15)18/h8,10-11,13H,5-7,9,12H2,1-4H3,(H,21,22). The van der Waals surface area contributed by atoms with Crippen LogP contribution in [0.4, 0.5) is 0 Å². The molecular formula is C20H27NO4. The highest BCUT2D eigenvalue weighted by molar-refractivity contribution is 5.88. The molecule has 0 unspecified atom stereocenters. The summed E-state index contributed by atoms with van der Waals surface area (Å²) < 4.78 is 10.6. The van der Waals surface area contributed by atoms with Gasteiger partial charge in [-0.3, -0.25) is 9.59 Å². The first-order valence-electron chi connectivity index (χ1n) is 8.85. The van der Waals surface area contributed by atoms with E-state index in [2.05, 4.69) is 32.2 Å². The molecule has 1 aromatic heterocycles. The third-order valence-corrected chi connectivity index (χ3v) is 4.22. The fourth-order valence-corrected chi connectivity index (χ4v) is 2.81. The Labute approximate surface area is 148 Å². The lowest BCUT2D eigenvalue weighted by atomic mass is 9.95. The molecule has 136 valence electrons. The maximum atomic E-state index is 12.0. The number of amides is 1. The smallest absolute Gasteiger partial charge is 0.310 e. The van der Waals surface area contributed by atoms with Gasteiger partial charge in [0, 0.05) is 17.5 Å². The summed E-state index contributed by atoms with van der Waals surface area (Å²) in [7, 11) is 0. The molecule has 0 aliphatic rings. The monoisotopic (exact) mass is 345 g/mol. The number of furan rings is 1. The van der Waals surface area contributed by atoms with Crippen molar-refractivity contribution in [1.82, 2.24) is 5.32 Å². The van der Waals surface area contributed by atoms with Crippen molar-refractivity contribution in [2.75, 3.05) is 13.2 Å². The first-order valence-corrected chi connectivity index (χ1v) is 8.85. The second-order valence-electron chi connectivity index (χ2n) is 6.66. The van der Waals surface area contributed by atoms with Crippen molar-refractivity contribution >= 4 is 22.8 Å². The Hall–Kier alpha value is -2.30. The van der Waals surface area contributed by atoms with Crippen LogP contribution in [0.3, 0.4) is 0 Å². The highest BCUT2D eigenvalue weighted by atomic mass is 16.5. The van der Waals surface area contributed by atoms with Crippen molar-refractivity contribution in [1.29, 1.82) is 0 Å². The molecule has 0 spiro atoms. The minimum absolute atomic E-state index is 0.0931. The van der Waals surface area contributed by atoms with Gasteiger partial charge in [0.15, 0.2) is 6.61 Å². The molecule has 0 saturated carbocycles. The quantitative estimate of drug-likeness (QED) is 0.582. The van der Waals surface area contributed by atoms with Crippen LogP contribution in [-0.2, 0) is 20.7 Å². The van der Waals surface area contributed by atoms with Gasteiger partial charge in [-0.1, -0.05) is 27.2 Å². The van der Waals surface area contributed by atoms with Crippen LogP contribution in [0.1, 0.15) is 56.2 Å². The van der Waals surface area contributed by atoms with Gasteiger partial charge >= 0.3 is 5.97 Å². The van der Waals surface area contributed by atoms with E-state index in [-0.39, 0.29) is 18.9 Å². The molecule has 0 saturated heterocycles. The molecule has 1 heterocycles. The fourth-order valence-electron chi connectivity index (χ4n) is 2.81. The van der Waals surface area contributed by atoms with Crippen LogP contribution in [-0.4, -0.2) is 25.0 Å². The Bertz CT molecular complexity index is 745. The topological polar surface area (TPSA) is 68.5 Å². The molecule has 5 nitrogen and oxygen atoms in total. The second kappa shape index (κ2) is 8.70. The van der Waals surface area contributed by atoms with E-state index in [0.717, 1.165) is 29.4 Å². The molecule has 0 aliphatic carbocycles. The van der Waals surface area contributed by atoms with Gasteiger partial charge < -0.3 is 14.5 Å². The van der Waals surface area contributed by atoms with E-state index >= 15 is 0 Å². The summed E-state index contributed by atoms with van der Waals surface area (Å²) in [6.07, 6.45) is 3.61. The van der Waals surface area contributed by atoms with Gasteiger partial charge in [0.1, 0.15) is 5.58 Å². The normalized spacial score (nSPS) is 11.1. The van der Waals surface area contributed by atoms with E-state index in [4.69, 9.17) is 9.15 Å². The van der Waals surface area contributed by atoms with Gasteiger partial charge in [0.25, 0.3) is 5.91 Å². The molecule has 0 radical (unpaired) electrons. The van der Waals surface area contributed by atoms with Crippen LogP contribution < -0.4 is 5.32 Å². The lowest BCUT2D eigenvalue weighted by Gasteiger charge is -2.10. The molecule has 1 amide bonds. The first-order chi connectivity index (χ1) is 11.9. The van der Waals surface area contributed by atoms with E-state index in [1.54, 1.807) is 6.26 Å². The van der Waals surface area contributed by atoms with Gasteiger partial charge in [-0.25, -0.2) is 0 Å². The van der Waals surface area contributed by atoms with Crippen molar-refractivity contribution < 1.29 is 18.7 Å². The zero-order chi connectivity index (χ0) is 18.4. The number of carbonyl (C=O) groups is 2. The van der Waals surface area contributed by atoms with Gasteiger partial charge in [0.2, 0.25) is 0 Å². The van der Waals surface area contributed by atoms with Crippen molar-refractivity contribution in [2.45, 2.75) is 52.9 Å². The van der Waals surface area contributed by atoms with E-state index in [1.165, 1.54) is 11.1 Å². The van der Waals surface area contributed by atoms with Crippen LogP contribution in [0, 0.1) is 6.92 Å². The number of carbonyl (C=O) groups excluding carboxylic acids is 2. The van der Waals surface area contributed by atoms with Crippen LogP contribution in [0.5, 0.6) is 0 Å². The largest absolute Gasteiger partial charge is 0.464 e. The van der Waals surface area contributed by atoms with Crippen LogP contribution in [0.2, 0.25) is 0 Å². The molecule has 1 aromatic carbocycles. The number of fused-ring (bicyclic) bond motifs is 1. The van der Waals surface area contributed by atoms with Crippen LogP contribution in [0.15, 0.2) is 22.8 Å². The molecule has 2 rings (SSSR count). The first kappa shape index (κ1) is 19.0. The van der Waals surface area contributed by atoms with Gasteiger partial charge in [-0.05, 0) is 42.5 Å². The lowest BCUT2D eigenvalue weighted by Crippen LogP contribution is -2.29. The highest BCUT2D eigenvalue weighted by Gasteiger charge is 2.15. The molecular weight excluding hydrogens is 318 g/mol. The molecule has 25 heavy (non-hydrogen) atoms. The zero-order valence-corrected chi connectivity index (χ0v) is 15.5. The molecule has 0 aliphatic heterocycles. The highest BCUT2D eigenvalue weighted by Crippen LogP contribution is 2.29. The average Bonchev–Trinajstić information content (AvgIpc) is 2.94. The Balaban J connectivity index is 1.99. The molecule has 0 fully saturated rings. The predicted octanol–water partition coefficient (Wildman–Crippen LogP) is 3.87. The summed E-state index contributed by atoms with van der Waals surface area (Å²) in [5, 5.41) is 3.65. The third-order valence-electron chi connectivity index (χ3n) is 4.22. The Kier molecular flexibility index (Phi) is 6.62. The minimum atomic E-state index is -0.431. The predicted molar refractivity (Wildman–Crippen MR) is 97.6 cm³/mol. The van der Waals surface area contributed by atoms with Crippen molar-refractivity contribution in [2.24, 2.45) is 0 Å². The molecule has 2 aromatic rings. The Morgan fingerprint density at radius 3 is 2.72 bits per heavy atom. The maximum Gasteiger partial charge on any atom is 0.310 e. The fraction of sp³-hybridized carbons (Fsp3) is 0.500. The molecule has 5 heteroatoms. The number of esters is 1. The van der Waals surface area contributed by atoms with E-state index in [0.29, 0.717) is 12.5 Å². The van der Waals surface area contributed by atoms with E-state index in [9.17, 15) is 9.59 Å². The minimum Gasteiger partial charge on any atom is -0.464 e. The number of rotatable bonds is 8. The average molecular weight is 345 g/mol. The number of benzene rings is 1. The van der Waals surface area contributed by atoms with Crippen molar-refractivity contribution in [3.8, 4) is 0 Å². The third kappa shape index (κ3) is 5.08. The van der Waals surface area contributed by atoms with Crippen molar-refractivity contribution in [3.63, 3.8) is 0 Å². The van der Waals surface area contributed by atoms with Gasteiger partial charge in [0.05, 0.1) is 12.7 Å². The van der Waals surface area contributed by atoms with Crippen molar-refractivity contribution in [3.05, 3.63) is 35.1 Å². The maximum absolute atomic E-state index is 12.0. The summed E-state index contributed by atoms with van der Waals surface area (Å²) in [6.45, 7) is 8.75. The number of nitrogens with one attached hydrogen (secondary N) is 1. The van der Waals surface area contributed by atoms with Crippen LogP contribution >= 0.6 is 0 Å². The summed E-state index contributed by atoms with van der Waals surface area (Å²) in [4.78, 5) is 23.6. The van der Waals surface area contributed by atoms with E-state index < -0.39 is 5.97 Å². The Morgan fingerprint density at radius 1 is 1.28 bits per heavy atom. The summed E-state index contributed by atoms with van der Waals surface area (Å²) in [5.41, 5.74) is 3.96. The summed E-state index contributed by atoms with van der Waals surface area (Å²) >= 11 is 0. The number of ether oxygens (including phenoxy) is 1. The zero-order valence-electron chi connectivity index (χ0n) is 15.5. The number of hydrogen-bond donors (Lipinski definition) is 1. The van der Waals surface area contributed by atoms with Gasteiger partial charge in [-0.2, -0.15) is 0 Å². The molecule has 0 atom stereocenters.